The smallest absolute Gasteiger partial charge is 0.185 e. The summed E-state index contributed by atoms with van der Waals surface area (Å²) in [6.07, 6.45) is 2.69. The molecule has 6 rings (SSSR count). The highest BCUT2D eigenvalue weighted by Crippen LogP contribution is 2.41. The Balaban J connectivity index is 1.62. The topological polar surface area (TPSA) is 79.9 Å². The molecule has 0 unspecified atom stereocenters. The molecule has 0 spiro atoms. The van der Waals surface area contributed by atoms with E-state index in [1.165, 1.54) is 10.4 Å². The van der Waals surface area contributed by atoms with Crippen LogP contribution in [0.15, 0.2) is 42.7 Å². The molecule has 0 saturated heterocycles. The number of thiophene rings is 1. The second-order valence-electron chi connectivity index (χ2n) is 9.79. The summed E-state index contributed by atoms with van der Waals surface area (Å²) in [5, 5.41) is 20.9. The standard InChI is InChI=1S/C24H23N5OS/c1-23(2)11-16-18-21-26-20(15-9-13-7-5-6-8-14(13)10-17(15)30)27-29(21)12-25-22(18)31-19(16)24(3,4)28-23/h5-10,12,28,30H,11H2,1-4H3/p+1. The van der Waals surface area contributed by atoms with E-state index < -0.39 is 0 Å². The second kappa shape index (κ2) is 6.02. The quantitative estimate of drug-likeness (QED) is 0.421. The van der Waals surface area contributed by atoms with Crippen molar-refractivity contribution >= 4 is 38.0 Å². The molecule has 1 aliphatic rings. The first-order chi connectivity index (χ1) is 14.7. The number of fused-ring (bicyclic) bond motifs is 6. The van der Waals surface area contributed by atoms with E-state index in [2.05, 4.69) is 38.1 Å². The highest BCUT2D eigenvalue weighted by molar-refractivity contribution is 7.19. The lowest BCUT2D eigenvalue weighted by Crippen LogP contribution is -3.03. The van der Waals surface area contributed by atoms with Crippen molar-refractivity contribution in [2.75, 3.05) is 0 Å². The van der Waals surface area contributed by atoms with Gasteiger partial charge >= 0.3 is 0 Å². The van der Waals surface area contributed by atoms with Crippen LogP contribution in [0.4, 0.5) is 0 Å². The molecular weight excluding hydrogens is 406 g/mol. The van der Waals surface area contributed by atoms with Crippen LogP contribution in [0.2, 0.25) is 0 Å². The number of phenolic OH excluding ortho intramolecular Hbond substituents is 1. The van der Waals surface area contributed by atoms with E-state index in [1.54, 1.807) is 28.2 Å². The molecule has 0 radical (unpaired) electrons. The summed E-state index contributed by atoms with van der Waals surface area (Å²) >= 11 is 1.76. The van der Waals surface area contributed by atoms with Crippen LogP contribution in [0.1, 0.15) is 38.1 Å². The van der Waals surface area contributed by atoms with Gasteiger partial charge in [0, 0.05) is 6.42 Å². The minimum absolute atomic E-state index is 0.0150. The van der Waals surface area contributed by atoms with E-state index in [9.17, 15) is 5.11 Å². The van der Waals surface area contributed by atoms with E-state index in [0.29, 0.717) is 11.4 Å². The summed E-state index contributed by atoms with van der Waals surface area (Å²) in [6, 6.07) is 11.7. The summed E-state index contributed by atoms with van der Waals surface area (Å²) in [7, 11) is 0. The molecule has 7 heteroatoms. The summed E-state index contributed by atoms with van der Waals surface area (Å²) in [5.41, 5.74) is 2.85. The van der Waals surface area contributed by atoms with Crippen LogP contribution >= 0.6 is 11.3 Å². The number of benzene rings is 2. The third-order valence-corrected chi connectivity index (χ3v) is 7.68. The first kappa shape index (κ1) is 18.7. The second-order valence-corrected chi connectivity index (χ2v) is 10.8. The Hall–Kier alpha value is -3.03. The predicted molar refractivity (Wildman–Crippen MR) is 124 cm³/mol. The van der Waals surface area contributed by atoms with Gasteiger partial charge in [-0.15, -0.1) is 16.4 Å². The molecule has 3 aromatic heterocycles. The minimum Gasteiger partial charge on any atom is -0.507 e. The predicted octanol–water partition coefficient (Wildman–Crippen LogP) is 4.00. The first-order valence-corrected chi connectivity index (χ1v) is 11.3. The molecule has 5 aromatic rings. The normalized spacial score (nSPS) is 17.4. The Labute approximate surface area is 183 Å². The van der Waals surface area contributed by atoms with Crippen molar-refractivity contribution in [2.24, 2.45) is 0 Å². The summed E-state index contributed by atoms with van der Waals surface area (Å²) in [4.78, 5) is 12.0. The van der Waals surface area contributed by atoms with Gasteiger partial charge in [0.2, 0.25) is 0 Å². The van der Waals surface area contributed by atoms with Gasteiger partial charge in [0.25, 0.3) is 0 Å². The minimum atomic E-state index is -0.0150. The molecule has 0 saturated carbocycles. The Morgan fingerprint density at radius 3 is 2.61 bits per heavy atom. The fourth-order valence-corrected chi connectivity index (χ4v) is 6.44. The number of hydrogen-bond acceptors (Lipinski definition) is 5. The number of phenols is 1. The van der Waals surface area contributed by atoms with Crippen molar-refractivity contribution < 1.29 is 10.4 Å². The zero-order valence-corrected chi connectivity index (χ0v) is 18.8. The van der Waals surface area contributed by atoms with E-state index in [1.807, 2.05) is 30.3 Å². The maximum absolute atomic E-state index is 10.7. The highest BCUT2D eigenvalue weighted by Gasteiger charge is 2.43. The van der Waals surface area contributed by atoms with Gasteiger partial charge < -0.3 is 10.4 Å². The van der Waals surface area contributed by atoms with Gasteiger partial charge in [0.15, 0.2) is 11.5 Å². The lowest BCUT2D eigenvalue weighted by atomic mass is 9.82. The molecule has 156 valence electrons. The lowest BCUT2D eigenvalue weighted by Gasteiger charge is -2.38. The Morgan fingerprint density at radius 1 is 1.10 bits per heavy atom. The van der Waals surface area contributed by atoms with Crippen LogP contribution in [0, 0.1) is 0 Å². The Morgan fingerprint density at radius 2 is 1.84 bits per heavy atom. The third kappa shape index (κ3) is 2.77. The van der Waals surface area contributed by atoms with Gasteiger partial charge in [0.05, 0.1) is 21.4 Å². The van der Waals surface area contributed by atoms with Crippen LogP contribution in [0.5, 0.6) is 5.75 Å². The van der Waals surface area contributed by atoms with Crippen LogP contribution in [-0.2, 0) is 12.0 Å². The van der Waals surface area contributed by atoms with Gasteiger partial charge in [-0.2, -0.15) is 0 Å². The number of aromatic hydroxyl groups is 1. The van der Waals surface area contributed by atoms with Gasteiger partial charge in [-0.05, 0) is 56.2 Å². The van der Waals surface area contributed by atoms with Crippen molar-refractivity contribution in [3.05, 3.63) is 53.2 Å². The van der Waals surface area contributed by atoms with E-state index >= 15 is 0 Å². The molecule has 0 atom stereocenters. The molecule has 4 heterocycles. The van der Waals surface area contributed by atoms with Crippen LogP contribution in [0.3, 0.4) is 0 Å². The Bertz CT molecular complexity index is 1510. The maximum Gasteiger partial charge on any atom is 0.185 e. The fraction of sp³-hybridized carbons (Fsp3) is 0.292. The van der Waals surface area contributed by atoms with Gasteiger partial charge in [-0.25, -0.2) is 14.5 Å². The zero-order valence-electron chi connectivity index (χ0n) is 18.0. The molecule has 31 heavy (non-hydrogen) atoms. The van der Waals surface area contributed by atoms with Crippen molar-refractivity contribution in [2.45, 2.75) is 45.2 Å². The average Bonchev–Trinajstić information content (AvgIpc) is 3.27. The van der Waals surface area contributed by atoms with E-state index in [-0.39, 0.29) is 16.8 Å². The summed E-state index contributed by atoms with van der Waals surface area (Å²) in [5.74, 6) is 0.696. The monoisotopic (exact) mass is 430 g/mol. The first-order valence-electron chi connectivity index (χ1n) is 10.5. The number of nitrogens with two attached hydrogens (primary N) is 1. The van der Waals surface area contributed by atoms with Crippen LogP contribution in [-0.4, -0.2) is 30.2 Å². The van der Waals surface area contributed by atoms with Gasteiger partial charge in [0.1, 0.15) is 22.4 Å². The molecule has 6 nitrogen and oxygen atoms in total. The molecule has 2 aromatic carbocycles. The van der Waals surface area contributed by atoms with Crippen molar-refractivity contribution in [3.63, 3.8) is 0 Å². The number of aromatic nitrogens is 4. The molecule has 3 N–H and O–H groups in total. The fourth-order valence-electron chi connectivity index (χ4n) is 5.21. The van der Waals surface area contributed by atoms with Crippen LogP contribution < -0.4 is 5.32 Å². The summed E-state index contributed by atoms with van der Waals surface area (Å²) < 4.78 is 1.75. The third-order valence-electron chi connectivity index (χ3n) is 6.20. The number of quaternary nitrogens is 1. The van der Waals surface area contributed by atoms with E-state index in [4.69, 9.17) is 9.97 Å². The Kier molecular flexibility index (Phi) is 3.63. The maximum atomic E-state index is 10.7. The molecule has 0 amide bonds. The van der Waals surface area contributed by atoms with E-state index in [0.717, 1.165) is 33.1 Å². The molecule has 0 bridgehead atoms. The highest BCUT2D eigenvalue weighted by atomic mass is 32.1. The molecule has 1 aliphatic heterocycles. The van der Waals surface area contributed by atoms with Gasteiger partial charge in [-0.1, -0.05) is 24.3 Å². The summed E-state index contributed by atoms with van der Waals surface area (Å²) in [6.45, 7) is 9.14. The van der Waals surface area contributed by atoms with Crippen molar-refractivity contribution in [1.82, 2.24) is 19.6 Å². The van der Waals surface area contributed by atoms with Gasteiger partial charge in [-0.3, -0.25) is 0 Å². The molecular formula is C24H24N5OS+. The average molecular weight is 431 g/mol. The van der Waals surface area contributed by atoms with Crippen molar-refractivity contribution in [1.29, 1.82) is 0 Å². The number of nitrogens with zero attached hydrogens (tertiary/aromatic N) is 4. The molecule has 0 aliphatic carbocycles. The van der Waals surface area contributed by atoms with Crippen LogP contribution in [0.25, 0.3) is 38.0 Å². The largest absolute Gasteiger partial charge is 0.507 e. The molecule has 0 fully saturated rings. The van der Waals surface area contributed by atoms with Crippen molar-refractivity contribution in [3.8, 4) is 17.1 Å². The lowest BCUT2D eigenvalue weighted by molar-refractivity contribution is -0.789. The number of hydrogen-bond donors (Lipinski definition) is 2. The zero-order chi connectivity index (χ0) is 21.5. The SMILES string of the molecule is CC1(C)Cc2c(sc3ncn4nc(-c5cc6ccccc6cc5O)nc4c23)C(C)(C)[NH2+]1. The number of rotatable bonds is 1.